The Balaban J connectivity index is 1.95. The van der Waals surface area contributed by atoms with E-state index >= 15 is 0 Å². The highest BCUT2D eigenvalue weighted by Crippen LogP contribution is 2.32. The Morgan fingerprint density at radius 1 is 1.14 bits per heavy atom. The minimum atomic E-state index is -3.75. The number of nitrogens with zero attached hydrogens (tertiary/aromatic N) is 2. The van der Waals surface area contributed by atoms with Gasteiger partial charge in [-0.25, -0.2) is 13.5 Å². The van der Waals surface area contributed by atoms with Crippen molar-refractivity contribution in [1.82, 2.24) is 9.37 Å². The molecule has 1 heterocycles. The number of aryl methyl sites for hydroxylation is 1. The van der Waals surface area contributed by atoms with Gasteiger partial charge in [-0.05, 0) is 30.2 Å². The predicted octanol–water partition coefficient (Wildman–Crippen LogP) is 2.86. The molecule has 28 heavy (non-hydrogen) atoms. The fourth-order valence-electron chi connectivity index (χ4n) is 3.17. The number of carbonyl (C=O) groups is 1. The molecule has 148 valence electrons. The normalized spacial score (nSPS) is 17.4. The van der Waals surface area contributed by atoms with Crippen molar-refractivity contribution in [2.75, 3.05) is 20.7 Å². The summed E-state index contributed by atoms with van der Waals surface area (Å²) in [5, 5.41) is 1.12. The maximum atomic E-state index is 13.3. The van der Waals surface area contributed by atoms with E-state index in [2.05, 4.69) is 0 Å². The van der Waals surface area contributed by atoms with Crippen LogP contribution in [0, 0.1) is 6.92 Å². The van der Waals surface area contributed by atoms with E-state index in [0.717, 1.165) is 21.8 Å². The summed E-state index contributed by atoms with van der Waals surface area (Å²) in [7, 11) is -0.841. The van der Waals surface area contributed by atoms with Gasteiger partial charge in [0.15, 0.2) is 0 Å². The summed E-state index contributed by atoms with van der Waals surface area (Å²) in [6.07, 6.45) is 1.87. The number of hydrogen-bond acceptors (Lipinski definition) is 4. The molecule has 1 aliphatic rings. The Kier molecular flexibility index (Phi) is 5.98. The van der Waals surface area contributed by atoms with Crippen molar-refractivity contribution in [3.63, 3.8) is 0 Å². The molecule has 0 fully saturated rings. The second kappa shape index (κ2) is 8.26. The van der Waals surface area contributed by atoms with Gasteiger partial charge >= 0.3 is 0 Å². The molecule has 0 N–H and O–H groups in total. The molecule has 0 radical (unpaired) electrons. The van der Waals surface area contributed by atoms with Crippen LogP contribution in [-0.4, -0.2) is 50.4 Å². The van der Waals surface area contributed by atoms with Crippen LogP contribution in [-0.2, 0) is 19.7 Å². The van der Waals surface area contributed by atoms with E-state index in [1.165, 1.54) is 18.5 Å². The van der Waals surface area contributed by atoms with Crippen molar-refractivity contribution in [1.29, 1.82) is 0 Å². The third-order valence-corrected chi connectivity index (χ3v) is 6.76. The van der Waals surface area contributed by atoms with E-state index in [0.29, 0.717) is 0 Å². The molecule has 0 aliphatic carbocycles. The molecule has 2 aromatic carbocycles. The number of sulfonamides is 1. The van der Waals surface area contributed by atoms with Crippen molar-refractivity contribution in [3.05, 3.63) is 71.8 Å². The standard InChI is InChI=1S/C21H24N2O4S/c1-16-9-11-20(12-10-16)28(25,26)23-15-18(17-7-5-4-6-8-17)13-19(23)14-21(24)22(2)27-3/h4-13,19H,14-15H2,1-3H3. The first-order chi connectivity index (χ1) is 13.3. The lowest BCUT2D eigenvalue weighted by atomic mass is 10.1. The topological polar surface area (TPSA) is 66.9 Å². The van der Waals surface area contributed by atoms with Gasteiger partial charge in [-0.2, -0.15) is 4.31 Å². The number of carbonyl (C=O) groups excluding carboxylic acids is 1. The summed E-state index contributed by atoms with van der Waals surface area (Å²) < 4.78 is 28.0. The zero-order chi connectivity index (χ0) is 20.3. The van der Waals surface area contributed by atoms with Gasteiger partial charge in [0.2, 0.25) is 15.9 Å². The van der Waals surface area contributed by atoms with E-state index in [4.69, 9.17) is 4.84 Å². The fourth-order valence-corrected chi connectivity index (χ4v) is 4.72. The van der Waals surface area contributed by atoms with Gasteiger partial charge in [-0.15, -0.1) is 0 Å². The maximum Gasteiger partial charge on any atom is 0.247 e. The second-order valence-electron chi connectivity index (χ2n) is 6.77. The first-order valence-electron chi connectivity index (χ1n) is 8.98. The lowest BCUT2D eigenvalue weighted by Crippen LogP contribution is -2.39. The van der Waals surface area contributed by atoms with E-state index < -0.39 is 16.1 Å². The zero-order valence-corrected chi connectivity index (χ0v) is 17.0. The van der Waals surface area contributed by atoms with Gasteiger partial charge in [0.05, 0.1) is 18.0 Å². The van der Waals surface area contributed by atoms with Crippen molar-refractivity contribution in [3.8, 4) is 0 Å². The SMILES string of the molecule is CON(C)C(=O)CC1C=C(c2ccccc2)CN1S(=O)(=O)c1ccc(C)cc1. The van der Waals surface area contributed by atoms with Crippen LogP contribution in [0.1, 0.15) is 17.5 Å². The fraction of sp³-hybridized carbons (Fsp3) is 0.286. The molecule has 0 bridgehead atoms. The molecule has 6 nitrogen and oxygen atoms in total. The highest BCUT2D eigenvalue weighted by atomic mass is 32.2. The van der Waals surface area contributed by atoms with Crippen LogP contribution >= 0.6 is 0 Å². The molecular weight excluding hydrogens is 376 g/mol. The molecule has 0 saturated carbocycles. The van der Waals surface area contributed by atoms with Crippen molar-refractivity contribution in [2.45, 2.75) is 24.3 Å². The molecular formula is C21H24N2O4S. The lowest BCUT2D eigenvalue weighted by Gasteiger charge is -2.25. The van der Waals surface area contributed by atoms with E-state index in [-0.39, 0.29) is 23.8 Å². The van der Waals surface area contributed by atoms with Gasteiger partial charge < -0.3 is 0 Å². The Labute approximate surface area is 166 Å². The van der Waals surface area contributed by atoms with Gasteiger partial charge in [0.25, 0.3) is 0 Å². The first-order valence-corrected chi connectivity index (χ1v) is 10.4. The largest absolute Gasteiger partial charge is 0.275 e. The smallest absolute Gasteiger partial charge is 0.247 e. The summed E-state index contributed by atoms with van der Waals surface area (Å²) in [5.41, 5.74) is 2.81. The Morgan fingerprint density at radius 2 is 1.79 bits per heavy atom. The van der Waals surface area contributed by atoms with Gasteiger partial charge in [-0.3, -0.25) is 9.63 Å². The quantitative estimate of drug-likeness (QED) is 0.700. The van der Waals surface area contributed by atoms with E-state index in [1.54, 1.807) is 24.3 Å². The average molecular weight is 401 g/mol. The second-order valence-corrected chi connectivity index (χ2v) is 8.66. The third-order valence-electron chi connectivity index (χ3n) is 4.87. The Morgan fingerprint density at radius 3 is 2.39 bits per heavy atom. The van der Waals surface area contributed by atoms with Gasteiger partial charge in [0, 0.05) is 20.0 Å². The molecule has 0 aromatic heterocycles. The zero-order valence-electron chi connectivity index (χ0n) is 16.2. The molecule has 2 aromatic rings. The lowest BCUT2D eigenvalue weighted by molar-refractivity contribution is -0.169. The predicted molar refractivity (Wildman–Crippen MR) is 108 cm³/mol. The molecule has 1 unspecified atom stereocenters. The van der Waals surface area contributed by atoms with Crippen molar-refractivity contribution in [2.24, 2.45) is 0 Å². The van der Waals surface area contributed by atoms with Crippen LogP contribution in [0.25, 0.3) is 5.57 Å². The van der Waals surface area contributed by atoms with E-state index in [1.807, 2.05) is 43.3 Å². The number of amides is 1. The van der Waals surface area contributed by atoms with Crippen LogP contribution in [0.2, 0.25) is 0 Å². The number of rotatable bonds is 6. The Hall–Kier alpha value is -2.48. The summed E-state index contributed by atoms with van der Waals surface area (Å²) in [4.78, 5) is 17.5. The van der Waals surface area contributed by atoms with Crippen LogP contribution < -0.4 is 0 Å². The highest BCUT2D eigenvalue weighted by Gasteiger charge is 2.37. The van der Waals surface area contributed by atoms with Crippen LogP contribution in [0.4, 0.5) is 0 Å². The van der Waals surface area contributed by atoms with Crippen molar-refractivity contribution >= 4 is 21.5 Å². The monoisotopic (exact) mass is 400 g/mol. The van der Waals surface area contributed by atoms with Crippen LogP contribution in [0.5, 0.6) is 0 Å². The summed E-state index contributed by atoms with van der Waals surface area (Å²) in [6.45, 7) is 2.12. The van der Waals surface area contributed by atoms with Crippen LogP contribution in [0.15, 0.2) is 65.6 Å². The third kappa shape index (κ3) is 4.16. The van der Waals surface area contributed by atoms with Gasteiger partial charge in [-0.1, -0.05) is 54.1 Å². The summed E-state index contributed by atoms with van der Waals surface area (Å²) in [6, 6.07) is 15.8. The average Bonchev–Trinajstić information content (AvgIpc) is 3.13. The molecule has 1 atom stereocenters. The number of benzene rings is 2. The molecule has 0 spiro atoms. The van der Waals surface area contributed by atoms with E-state index in [9.17, 15) is 13.2 Å². The highest BCUT2D eigenvalue weighted by molar-refractivity contribution is 7.89. The minimum absolute atomic E-state index is 0.00572. The molecule has 3 rings (SSSR count). The molecule has 7 heteroatoms. The number of hydrogen-bond donors (Lipinski definition) is 0. The summed E-state index contributed by atoms with van der Waals surface area (Å²) >= 11 is 0. The minimum Gasteiger partial charge on any atom is -0.275 e. The number of hydroxylamine groups is 2. The molecule has 1 aliphatic heterocycles. The van der Waals surface area contributed by atoms with Crippen LogP contribution in [0.3, 0.4) is 0 Å². The molecule has 0 saturated heterocycles. The first kappa shape index (κ1) is 20.3. The molecule has 1 amide bonds. The van der Waals surface area contributed by atoms with Crippen molar-refractivity contribution < 1.29 is 18.0 Å². The van der Waals surface area contributed by atoms with Gasteiger partial charge in [0.1, 0.15) is 0 Å². The summed E-state index contributed by atoms with van der Waals surface area (Å²) in [5.74, 6) is -0.290. The Bertz CT molecular complexity index is 969. The maximum absolute atomic E-state index is 13.3.